The van der Waals surface area contributed by atoms with Crippen LogP contribution in [0.4, 0.5) is 0 Å². The lowest BCUT2D eigenvalue weighted by Crippen LogP contribution is -1.93. The van der Waals surface area contributed by atoms with Gasteiger partial charge in [0.25, 0.3) is 0 Å². The maximum absolute atomic E-state index is 10.4. The van der Waals surface area contributed by atoms with E-state index in [1.165, 1.54) is 16.0 Å². The van der Waals surface area contributed by atoms with E-state index in [1.54, 1.807) is 0 Å². The minimum atomic E-state index is -0.684. The summed E-state index contributed by atoms with van der Waals surface area (Å²) in [6.07, 6.45) is 5.49. The van der Waals surface area contributed by atoms with Crippen molar-refractivity contribution in [3.05, 3.63) is 46.7 Å². The molecule has 0 bridgehead atoms. The summed E-state index contributed by atoms with van der Waals surface area (Å²) in [6, 6.07) is 12.7. The third-order valence-electron chi connectivity index (χ3n) is 3.32. The van der Waals surface area contributed by atoms with E-state index < -0.39 is 5.97 Å². The molecule has 2 aromatic rings. The van der Waals surface area contributed by atoms with Crippen molar-refractivity contribution in [3.63, 3.8) is 0 Å². The minimum absolute atomic E-state index is 0.303. The van der Waals surface area contributed by atoms with Crippen molar-refractivity contribution in [2.24, 2.45) is 0 Å². The fourth-order valence-electron chi connectivity index (χ4n) is 2.22. The highest BCUT2D eigenvalue weighted by molar-refractivity contribution is 7.10. The summed E-state index contributed by atoms with van der Waals surface area (Å²) >= 11 is 1.82. The highest BCUT2D eigenvalue weighted by Gasteiger charge is 2.02. The molecule has 2 rings (SSSR count). The first-order valence-electron chi connectivity index (χ1n) is 7.10. The summed E-state index contributed by atoms with van der Waals surface area (Å²) in [5, 5.41) is 10.8. The second-order valence-corrected chi connectivity index (χ2v) is 5.97. The molecule has 0 fully saturated rings. The molecule has 0 aliphatic heterocycles. The molecule has 0 amide bonds. The summed E-state index contributed by atoms with van der Waals surface area (Å²) in [7, 11) is 0. The molecular weight excluding hydrogens is 268 g/mol. The van der Waals surface area contributed by atoms with E-state index in [0.29, 0.717) is 6.42 Å². The Kier molecular flexibility index (Phi) is 5.81. The monoisotopic (exact) mass is 288 g/mol. The van der Waals surface area contributed by atoms with Crippen LogP contribution in [0.25, 0.3) is 11.1 Å². The molecule has 2 nitrogen and oxygen atoms in total. The van der Waals surface area contributed by atoms with Gasteiger partial charge in [-0.15, -0.1) is 11.3 Å². The zero-order valence-corrected chi connectivity index (χ0v) is 12.4. The Labute approximate surface area is 124 Å². The van der Waals surface area contributed by atoms with Crippen LogP contribution in [0.2, 0.25) is 0 Å². The van der Waals surface area contributed by atoms with Crippen molar-refractivity contribution in [2.45, 2.75) is 38.5 Å². The van der Waals surface area contributed by atoms with Crippen LogP contribution in [0.15, 0.2) is 41.8 Å². The third kappa shape index (κ3) is 4.82. The number of rotatable bonds is 8. The quantitative estimate of drug-likeness (QED) is 0.695. The van der Waals surface area contributed by atoms with Gasteiger partial charge in [-0.2, -0.15) is 0 Å². The van der Waals surface area contributed by atoms with E-state index in [4.69, 9.17) is 5.11 Å². The van der Waals surface area contributed by atoms with Crippen LogP contribution in [0.1, 0.15) is 37.0 Å². The number of aryl methyl sites for hydroxylation is 1. The molecule has 0 radical (unpaired) electrons. The molecule has 0 aliphatic carbocycles. The summed E-state index contributed by atoms with van der Waals surface area (Å²) < 4.78 is 0. The van der Waals surface area contributed by atoms with E-state index in [2.05, 4.69) is 35.7 Å². The van der Waals surface area contributed by atoms with Gasteiger partial charge in [-0.05, 0) is 41.8 Å². The van der Waals surface area contributed by atoms with Gasteiger partial charge in [-0.25, -0.2) is 0 Å². The Bertz CT molecular complexity index is 531. The first-order valence-corrected chi connectivity index (χ1v) is 7.98. The third-order valence-corrected chi connectivity index (χ3v) is 4.32. The van der Waals surface area contributed by atoms with Gasteiger partial charge in [0.15, 0.2) is 0 Å². The SMILES string of the molecule is O=C(O)CCCCCCc1cc(-c2ccccc2)cs1. The predicted octanol–water partition coefficient (Wildman–Crippen LogP) is 4.99. The van der Waals surface area contributed by atoms with E-state index >= 15 is 0 Å². The molecule has 3 heteroatoms. The number of benzene rings is 1. The molecule has 1 aromatic carbocycles. The van der Waals surface area contributed by atoms with Gasteiger partial charge in [0.2, 0.25) is 0 Å². The lowest BCUT2D eigenvalue weighted by molar-refractivity contribution is -0.137. The molecule has 106 valence electrons. The van der Waals surface area contributed by atoms with Crippen molar-refractivity contribution in [2.75, 3.05) is 0 Å². The largest absolute Gasteiger partial charge is 0.481 e. The number of aliphatic carboxylic acids is 1. The summed E-state index contributed by atoms with van der Waals surface area (Å²) in [5.74, 6) is -0.684. The second kappa shape index (κ2) is 7.85. The van der Waals surface area contributed by atoms with Crippen molar-refractivity contribution in [3.8, 4) is 11.1 Å². The van der Waals surface area contributed by atoms with E-state index in [0.717, 1.165) is 32.1 Å². The van der Waals surface area contributed by atoms with Gasteiger partial charge >= 0.3 is 5.97 Å². The van der Waals surface area contributed by atoms with Crippen LogP contribution in [0, 0.1) is 0 Å². The lowest BCUT2D eigenvalue weighted by Gasteiger charge is -1.99. The second-order valence-electron chi connectivity index (χ2n) is 4.98. The molecule has 0 atom stereocenters. The fourth-order valence-corrected chi connectivity index (χ4v) is 3.16. The number of thiophene rings is 1. The summed E-state index contributed by atoms with van der Waals surface area (Å²) in [6.45, 7) is 0. The van der Waals surface area contributed by atoms with Gasteiger partial charge in [-0.1, -0.05) is 43.2 Å². The van der Waals surface area contributed by atoms with Gasteiger partial charge in [-0.3, -0.25) is 4.79 Å². The molecule has 1 aromatic heterocycles. The average molecular weight is 288 g/mol. The van der Waals surface area contributed by atoms with Crippen LogP contribution in [0.5, 0.6) is 0 Å². The maximum Gasteiger partial charge on any atom is 0.303 e. The smallest absolute Gasteiger partial charge is 0.303 e. The zero-order valence-electron chi connectivity index (χ0n) is 11.5. The van der Waals surface area contributed by atoms with Crippen molar-refractivity contribution < 1.29 is 9.90 Å². The predicted molar refractivity (Wildman–Crippen MR) is 84.2 cm³/mol. The van der Waals surface area contributed by atoms with Crippen LogP contribution in [-0.4, -0.2) is 11.1 Å². The first kappa shape index (κ1) is 14.8. The lowest BCUT2D eigenvalue weighted by atomic mass is 10.1. The Morgan fingerprint density at radius 3 is 2.50 bits per heavy atom. The number of carbonyl (C=O) groups is 1. The summed E-state index contributed by atoms with van der Waals surface area (Å²) in [4.78, 5) is 11.8. The Balaban J connectivity index is 1.72. The summed E-state index contributed by atoms with van der Waals surface area (Å²) in [5.41, 5.74) is 2.58. The normalized spacial score (nSPS) is 10.6. The van der Waals surface area contributed by atoms with E-state index in [1.807, 2.05) is 17.4 Å². The number of hydrogen-bond donors (Lipinski definition) is 1. The Hall–Kier alpha value is -1.61. The van der Waals surface area contributed by atoms with Gasteiger partial charge < -0.3 is 5.11 Å². The van der Waals surface area contributed by atoms with Crippen LogP contribution >= 0.6 is 11.3 Å². The highest BCUT2D eigenvalue weighted by Crippen LogP contribution is 2.26. The average Bonchev–Trinajstić information content (AvgIpc) is 2.92. The van der Waals surface area contributed by atoms with Crippen molar-refractivity contribution in [1.82, 2.24) is 0 Å². The van der Waals surface area contributed by atoms with Crippen LogP contribution < -0.4 is 0 Å². The maximum atomic E-state index is 10.4. The number of unbranched alkanes of at least 4 members (excludes halogenated alkanes) is 3. The zero-order chi connectivity index (χ0) is 14.2. The molecule has 1 heterocycles. The minimum Gasteiger partial charge on any atom is -0.481 e. The molecule has 0 saturated heterocycles. The number of carboxylic acids is 1. The Morgan fingerprint density at radius 1 is 1.00 bits per heavy atom. The number of hydrogen-bond acceptors (Lipinski definition) is 2. The molecule has 20 heavy (non-hydrogen) atoms. The van der Waals surface area contributed by atoms with E-state index in [9.17, 15) is 4.79 Å². The molecule has 0 spiro atoms. The van der Waals surface area contributed by atoms with E-state index in [-0.39, 0.29) is 0 Å². The van der Waals surface area contributed by atoms with Crippen molar-refractivity contribution >= 4 is 17.3 Å². The van der Waals surface area contributed by atoms with Crippen LogP contribution in [0.3, 0.4) is 0 Å². The molecular formula is C17H20O2S. The van der Waals surface area contributed by atoms with Crippen LogP contribution in [-0.2, 0) is 11.2 Å². The number of carboxylic acid groups (broad SMARTS) is 1. The van der Waals surface area contributed by atoms with Crippen molar-refractivity contribution in [1.29, 1.82) is 0 Å². The van der Waals surface area contributed by atoms with Gasteiger partial charge in [0.05, 0.1) is 0 Å². The Morgan fingerprint density at radius 2 is 1.75 bits per heavy atom. The standard InChI is InChI=1S/C17H20O2S/c18-17(19)11-7-2-1-6-10-16-12-15(13-20-16)14-8-4-3-5-9-14/h3-5,8-9,12-13H,1-2,6-7,10-11H2,(H,18,19). The first-order chi connectivity index (χ1) is 9.75. The molecule has 1 N–H and O–H groups in total. The molecule has 0 saturated carbocycles. The van der Waals surface area contributed by atoms with Gasteiger partial charge in [0.1, 0.15) is 0 Å². The topological polar surface area (TPSA) is 37.3 Å². The van der Waals surface area contributed by atoms with Gasteiger partial charge in [0, 0.05) is 11.3 Å². The molecule has 0 aliphatic rings. The highest BCUT2D eigenvalue weighted by atomic mass is 32.1. The molecule has 0 unspecified atom stereocenters. The fraction of sp³-hybridized carbons (Fsp3) is 0.353.